The quantitative estimate of drug-likeness (QED) is 0.482. The van der Waals surface area contributed by atoms with Gasteiger partial charge in [0.05, 0.1) is 43.7 Å². The Morgan fingerprint density at radius 1 is 0.882 bits per heavy atom. The number of nitrogens with one attached hydrogen (secondary N) is 1. The lowest BCUT2D eigenvalue weighted by atomic mass is 9.90. The van der Waals surface area contributed by atoms with Gasteiger partial charge in [-0.3, -0.25) is 4.79 Å². The fourth-order valence-corrected chi connectivity index (χ4v) is 4.24. The topological polar surface area (TPSA) is 60.0 Å². The first-order valence-electron chi connectivity index (χ1n) is 11.9. The van der Waals surface area contributed by atoms with E-state index in [1.165, 1.54) is 0 Å². The van der Waals surface area contributed by atoms with Crippen LogP contribution in [-0.4, -0.2) is 45.4 Å². The van der Waals surface area contributed by atoms with Gasteiger partial charge in [-0.15, -0.1) is 0 Å². The minimum Gasteiger partial charge on any atom is -0.492 e. The van der Waals surface area contributed by atoms with Gasteiger partial charge in [0.2, 0.25) is 5.91 Å². The molecule has 6 heteroatoms. The summed E-state index contributed by atoms with van der Waals surface area (Å²) in [5.41, 5.74) is 3.41. The van der Waals surface area contributed by atoms with Crippen LogP contribution in [-0.2, 0) is 9.53 Å². The van der Waals surface area contributed by atoms with Crippen LogP contribution < -0.4 is 19.7 Å². The van der Waals surface area contributed by atoms with E-state index in [4.69, 9.17) is 14.2 Å². The van der Waals surface area contributed by atoms with Crippen molar-refractivity contribution in [3.63, 3.8) is 0 Å². The van der Waals surface area contributed by atoms with Crippen LogP contribution in [0.5, 0.6) is 11.5 Å². The van der Waals surface area contributed by atoms with Crippen LogP contribution in [0, 0.1) is 0 Å². The first-order valence-corrected chi connectivity index (χ1v) is 11.9. The smallest absolute Gasteiger partial charge is 0.236 e. The van der Waals surface area contributed by atoms with Gasteiger partial charge in [0.25, 0.3) is 0 Å². The summed E-state index contributed by atoms with van der Waals surface area (Å²) in [5, 5.41) is 3.13. The zero-order chi connectivity index (χ0) is 23.8. The summed E-state index contributed by atoms with van der Waals surface area (Å²) in [6.07, 6.45) is 0. The summed E-state index contributed by atoms with van der Waals surface area (Å²) in [5.74, 6) is 0.769. The van der Waals surface area contributed by atoms with Crippen molar-refractivity contribution in [2.75, 3.05) is 49.7 Å². The van der Waals surface area contributed by atoms with Crippen LogP contribution in [0.15, 0.2) is 72.8 Å². The normalized spacial score (nSPS) is 13.6. The highest BCUT2D eigenvalue weighted by atomic mass is 16.5. The molecule has 6 nitrogen and oxygen atoms in total. The van der Waals surface area contributed by atoms with Gasteiger partial charge in [-0.1, -0.05) is 60.7 Å². The lowest BCUT2D eigenvalue weighted by Gasteiger charge is -2.31. The van der Waals surface area contributed by atoms with E-state index in [0.29, 0.717) is 37.9 Å². The minimum atomic E-state index is -0.452. The number of hydrogen-bond acceptors (Lipinski definition) is 5. The van der Waals surface area contributed by atoms with Gasteiger partial charge in [-0.05, 0) is 25.0 Å². The summed E-state index contributed by atoms with van der Waals surface area (Å²) < 4.78 is 17.5. The third-order valence-corrected chi connectivity index (χ3v) is 5.80. The van der Waals surface area contributed by atoms with Gasteiger partial charge in [0, 0.05) is 25.2 Å². The first kappa shape index (κ1) is 23.6. The standard InChI is InChI=1S/C28H32N2O4/c1-3-33-25-20-24(30-15-17-32-18-16-30)26(34-4-2)19-23(25)29-28(31)27(21-11-7-5-8-12-21)22-13-9-6-10-14-22/h5-14,19-20,27H,3-4,15-18H2,1-2H3,(H,29,31). The van der Waals surface area contributed by atoms with Crippen molar-refractivity contribution in [3.8, 4) is 11.5 Å². The van der Waals surface area contributed by atoms with Crippen molar-refractivity contribution in [2.45, 2.75) is 19.8 Å². The van der Waals surface area contributed by atoms with Crippen molar-refractivity contribution >= 4 is 17.3 Å². The average Bonchev–Trinajstić information content (AvgIpc) is 2.88. The molecule has 1 aliphatic rings. The minimum absolute atomic E-state index is 0.125. The van der Waals surface area contributed by atoms with Gasteiger partial charge >= 0.3 is 0 Å². The Morgan fingerprint density at radius 3 is 2.00 bits per heavy atom. The van der Waals surface area contributed by atoms with Crippen LogP contribution in [0.4, 0.5) is 11.4 Å². The summed E-state index contributed by atoms with van der Waals surface area (Å²) >= 11 is 0. The molecule has 0 unspecified atom stereocenters. The monoisotopic (exact) mass is 460 g/mol. The van der Waals surface area contributed by atoms with E-state index in [1.54, 1.807) is 0 Å². The number of morpholine rings is 1. The molecule has 1 amide bonds. The number of carbonyl (C=O) groups excluding carboxylic acids is 1. The average molecular weight is 461 g/mol. The van der Waals surface area contributed by atoms with Crippen LogP contribution >= 0.6 is 0 Å². The SMILES string of the molecule is CCOc1cc(N2CCOCC2)c(OCC)cc1NC(=O)C(c1ccccc1)c1ccccc1. The number of amides is 1. The maximum absolute atomic E-state index is 13.7. The van der Waals surface area contributed by atoms with E-state index >= 15 is 0 Å². The molecule has 0 spiro atoms. The Hall–Kier alpha value is -3.51. The molecule has 178 valence electrons. The van der Waals surface area contributed by atoms with E-state index in [0.717, 1.165) is 35.7 Å². The van der Waals surface area contributed by atoms with Crippen molar-refractivity contribution in [2.24, 2.45) is 0 Å². The molecule has 1 heterocycles. The number of ether oxygens (including phenoxy) is 3. The van der Waals surface area contributed by atoms with E-state index in [2.05, 4.69) is 10.2 Å². The highest BCUT2D eigenvalue weighted by Gasteiger charge is 2.25. The third-order valence-electron chi connectivity index (χ3n) is 5.80. The van der Waals surface area contributed by atoms with Gasteiger partial charge in [0.1, 0.15) is 11.5 Å². The second-order valence-corrected chi connectivity index (χ2v) is 8.03. The summed E-state index contributed by atoms with van der Waals surface area (Å²) in [6.45, 7) is 7.80. The molecule has 3 aromatic rings. The summed E-state index contributed by atoms with van der Waals surface area (Å²) in [4.78, 5) is 15.9. The Morgan fingerprint density at radius 2 is 1.44 bits per heavy atom. The molecule has 1 aliphatic heterocycles. The molecule has 0 bridgehead atoms. The fourth-order valence-electron chi connectivity index (χ4n) is 4.24. The van der Waals surface area contributed by atoms with E-state index in [9.17, 15) is 4.79 Å². The Labute approximate surface area is 201 Å². The number of benzene rings is 3. The first-order chi connectivity index (χ1) is 16.7. The molecule has 0 aliphatic carbocycles. The molecule has 1 saturated heterocycles. The number of anilines is 2. The molecule has 1 N–H and O–H groups in total. The summed E-state index contributed by atoms with van der Waals surface area (Å²) in [7, 11) is 0. The third kappa shape index (κ3) is 5.51. The fraction of sp³-hybridized carbons (Fsp3) is 0.321. The second kappa shape index (κ2) is 11.6. The van der Waals surface area contributed by atoms with Crippen molar-refractivity contribution in [3.05, 3.63) is 83.9 Å². The maximum Gasteiger partial charge on any atom is 0.236 e. The lowest BCUT2D eigenvalue weighted by Crippen LogP contribution is -2.36. The highest BCUT2D eigenvalue weighted by Crippen LogP contribution is 2.40. The Balaban J connectivity index is 1.70. The van der Waals surface area contributed by atoms with Gasteiger partial charge in [0.15, 0.2) is 0 Å². The number of rotatable bonds is 9. The van der Waals surface area contributed by atoms with Crippen LogP contribution in [0.1, 0.15) is 30.9 Å². The predicted molar refractivity (Wildman–Crippen MR) is 135 cm³/mol. The molecule has 4 rings (SSSR count). The maximum atomic E-state index is 13.7. The van der Waals surface area contributed by atoms with Crippen LogP contribution in [0.3, 0.4) is 0 Å². The number of nitrogens with zero attached hydrogens (tertiary/aromatic N) is 1. The molecule has 0 saturated carbocycles. The zero-order valence-electron chi connectivity index (χ0n) is 19.8. The van der Waals surface area contributed by atoms with Crippen molar-refractivity contribution in [1.29, 1.82) is 0 Å². The largest absolute Gasteiger partial charge is 0.492 e. The molecule has 3 aromatic carbocycles. The molecular weight excluding hydrogens is 428 g/mol. The van der Waals surface area contributed by atoms with Crippen molar-refractivity contribution in [1.82, 2.24) is 0 Å². The van der Waals surface area contributed by atoms with E-state index in [1.807, 2.05) is 86.6 Å². The zero-order valence-corrected chi connectivity index (χ0v) is 19.8. The molecule has 0 radical (unpaired) electrons. The van der Waals surface area contributed by atoms with Crippen molar-refractivity contribution < 1.29 is 19.0 Å². The van der Waals surface area contributed by atoms with E-state index in [-0.39, 0.29) is 5.91 Å². The van der Waals surface area contributed by atoms with Gasteiger partial charge in [-0.2, -0.15) is 0 Å². The molecule has 34 heavy (non-hydrogen) atoms. The number of carbonyl (C=O) groups is 1. The molecular formula is C28H32N2O4. The molecule has 1 fully saturated rings. The Kier molecular flexibility index (Phi) is 8.04. The lowest BCUT2D eigenvalue weighted by molar-refractivity contribution is -0.116. The second-order valence-electron chi connectivity index (χ2n) is 8.03. The van der Waals surface area contributed by atoms with Gasteiger partial charge < -0.3 is 24.4 Å². The predicted octanol–water partition coefficient (Wildman–Crippen LogP) is 5.09. The van der Waals surface area contributed by atoms with Crippen LogP contribution in [0.25, 0.3) is 0 Å². The van der Waals surface area contributed by atoms with E-state index < -0.39 is 5.92 Å². The Bertz CT molecular complexity index is 1030. The molecule has 0 aromatic heterocycles. The molecule has 0 atom stereocenters. The van der Waals surface area contributed by atoms with Crippen LogP contribution in [0.2, 0.25) is 0 Å². The van der Waals surface area contributed by atoms with Gasteiger partial charge in [-0.25, -0.2) is 0 Å². The highest BCUT2D eigenvalue weighted by molar-refractivity contribution is 5.99. The number of hydrogen-bond donors (Lipinski definition) is 1. The summed E-state index contributed by atoms with van der Waals surface area (Å²) in [6, 6.07) is 23.5.